The third kappa shape index (κ3) is 4.77. The molecule has 0 unspecified atom stereocenters. The lowest BCUT2D eigenvalue weighted by atomic mass is 9.90. The van der Waals surface area contributed by atoms with Gasteiger partial charge in [0, 0.05) is 6.54 Å². The van der Waals surface area contributed by atoms with Gasteiger partial charge in [-0.25, -0.2) is 4.79 Å². The first kappa shape index (κ1) is 14.0. The summed E-state index contributed by atoms with van der Waals surface area (Å²) < 4.78 is 5.27. The number of rotatable bonds is 2. The van der Waals surface area contributed by atoms with Crippen LogP contribution >= 0.6 is 0 Å². The van der Waals surface area contributed by atoms with Crippen LogP contribution in [0.3, 0.4) is 0 Å². The average molecular weight is 240 g/mol. The average Bonchev–Trinajstić information content (AvgIpc) is 2.15. The van der Waals surface area contributed by atoms with Crippen molar-refractivity contribution in [3.8, 4) is 0 Å². The Morgan fingerprint density at radius 3 is 2.47 bits per heavy atom. The molecule has 17 heavy (non-hydrogen) atoms. The zero-order valence-electron chi connectivity index (χ0n) is 11.5. The predicted octanol–water partition coefficient (Wildman–Crippen LogP) is 2.21. The summed E-state index contributed by atoms with van der Waals surface area (Å²) in [5.41, 5.74) is 0.453. The van der Waals surface area contributed by atoms with Crippen molar-refractivity contribution in [1.82, 2.24) is 10.6 Å². The van der Waals surface area contributed by atoms with Crippen LogP contribution in [0.4, 0.5) is 4.79 Å². The van der Waals surface area contributed by atoms with Crippen molar-refractivity contribution in [2.45, 2.75) is 52.2 Å². The standard InChI is InChI=1S/C13H24N2O2/c1-12(2,3)17-11(16)15-13(4,5)10-6-8-14-9-7-10/h6,14H,7-9H2,1-5H3,(H,15,16). The second-order valence-corrected chi connectivity index (χ2v) is 5.94. The SMILES string of the molecule is CC(C)(C)OC(=O)NC(C)(C)C1=CCNCC1. The lowest BCUT2D eigenvalue weighted by Crippen LogP contribution is -2.48. The molecular weight excluding hydrogens is 216 g/mol. The monoisotopic (exact) mass is 240 g/mol. The molecule has 4 nitrogen and oxygen atoms in total. The minimum absolute atomic E-state index is 0.343. The first-order valence-corrected chi connectivity index (χ1v) is 6.12. The zero-order chi connectivity index (χ0) is 13.1. The van der Waals surface area contributed by atoms with E-state index in [1.165, 1.54) is 5.57 Å². The van der Waals surface area contributed by atoms with Gasteiger partial charge >= 0.3 is 6.09 Å². The largest absolute Gasteiger partial charge is 0.444 e. The molecule has 1 aliphatic rings. The molecule has 0 bridgehead atoms. The van der Waals surface area contributed by atoms with Gasteiger partial charge in [0.05, 0.1) is 5.54 Å². The maximum absolute atomic E-state index is 11.7. The van der Waals surface area contributed by atoms with Gasteiger partial charge < -0.3 is 15.4 Å². The van der Waals surface area contributed by atoms with E-state index in [4.69, 9.17) is 4.74 Å². The normalized spacial score (nSPS) is 17.4. The van der Waals surface area contributed by atoms with Gasteiger partial charge in [-0.3, -0.25) is 0 Å². The Morgan fingerprint density at radius 1 is 1.35 bits per heavy atom. The van der Waals surface area contributed by atoms with Gasteiger partial charge in [0.1, 0.15) is 5.60 Å². The van der Waals surface area contributed by atoms with Crippen molar-refractivity contribution in [1.29, 1.82) is 0 Å². The van der Waals surface area contributed by atoms with Crippen molar-refractivity contribution in [3.05, 3.63) is 11.6 Å². The number of hydrogen-bond donors (Lipinski definition) is 2. The van der Waals surface area contributed by atoms with Crippen molar-refractivity contribution < 1.29 is 9.53 Å². The van der Waals surface area contributed by atoms with Gasteiger partial charge in [-0.05, 0) is 53.2 Å². The molecular formula is C13H24N2O2. The summed E-state index contributed by atoms with van der Waals surface area (Å²) in [6.45, 7) is 11.4. The van der Waals surface area contributed by atoms with Crippen molar-refractivity contribution in [2.24, 2.45) is 0 Å². The smallest absolute Gasteiger partial charge is 0.408 e. The predicted molar refractivity (Wildman–Crippen MR) is 69.0 cm³/mol. The topological polar surface area (TPSA) is 50.4 Å². The Morgan fingerprint density at radius 2 is 2.00 bits per heavy atom. The summed E-state index contributed by atoms with van der Waals surface area (Å²) in [5.74, 6) is 0. The van der Waals surface area contributed by atoms with Crippen LogP contribution in [0, 0.1) is 0 Å². The fraction of sp³-hybridized carbons (Fsp3) is 0.769. The minimum Gasteiger partial charge on any atom is -0.444 e. The summed E-state index contributed by atoms with van der Waals surface area (Å²) in [7, 11) is 0. The number of amides is 1. The van der Waals surface area contributed by atoms with Gasteiger partial charge in [-0.1, -0.05) is 6.08 Å². The third-order valence-corrected chi connectivity index (χ3v) is 2.68. The van der Waals surface area contributed by atoms with Crippen LogP contribution in [0.1, 0.15) is 41.0 Å². The van der Waals surface area contributed by atoms with E-state index in [9.17, 15) is 4.79 Å². The van der Waals surface area contributed by atoms with Gasteiger partial charge in [-0.2, -0.15) is 0 Å². The molecule has 0 radical (unpaired) electrons. The summed E-state index contributed by atoms with van der Waals surface area (Å²) in [6, 6.07) is 0. The highest BCUT2D eigenvalue weighted by atomic mass is 16.6. The fourth-order valence-electron chi connectivity index (χ4n) is 1.83. The Labute approximate surface area is 104 Å². The molecule has 0 spiro atoms. The number of carbonyl (C=O) groups excluding carboxylic acids is 1. The van der Waals surface area contributed by atoms with Crippen LogP contribution in [-0.2, 0) is 4.74 Å². The quantitative estimate of drug-likeness (QED) is 0.728. The molecule has 0 aromatic carbocycles. The van der Waals surface area contributed by atoms with Gasteiger partial charge in [0.25, 0.3) is 0 Å². The Hall–Kier alpha value is -1.03. The van der Waals surface area contributed by atoms with Crippen molar-refractivity contribution in [3.63, 3.8) is 0 Å². The molecule has 1 rings (SSSR count). The van der Waals surface area contributed by atoms with E-state index in [1.807, 2.05) is 34.6 Å². The molecule has 0 aliphatic carbocycles. The van der Waals surface area contributed by atoms with E-state index in [2.05, 4.69) is 16.7 Å². The maximum atomic E-state index is 11.7. The summed E-state index contributed by atoms with van der Waals surface area (Å²) >= 11 is 0. The van der Waals surface area contributed by atoms with Crippen LogP contribution < -0.4 is 10.6 Å². The van der Waals surface area contributed by atoms with Crippen LogP contribution in [0.25, 0.3) is 0 Å². The molecule has 1 amide bonds. The number of ether oxygens (including phenoxy) is 1. The third-order valence-electron chi connectivity index (χ3n) is 2.68. The zero-order valence-corrected chi connectivity index (χ0v) is 11.5. The molecule has 0 aromatic heterocycles. The molecule has 0 saturated heterocycles. The number of carbonyl (C=O) groups is 1. The number of nitrogens with one attached hydrogen (secondary N) is 2. The molecule has 1 aliphatic heterocycles. The first-order chi connectivity index (χ1) is 7.71. The Bertz CT molecular complexity index is 314. The Kier molecular flexibility index (Phi) is 4.20. The van der Waals surface area contributed by atoms with E-state index in [-0.39, 0.29) is 11.6 Å². The molecule has 4 heteroatoms. The maximum Gasteiger partial charge on any atom is 0.408 e. The van der Waals surface area contributed by atoms with Crippen LogP contribution in [0.2, 0.25) is 0 Å². The summed E-state index contributed by atoms with van der Waals surface area (Å²) in [5, 5.41) is 6.18. The summed E-state index contributed by atoms with van der Waals surface area (Å²) in [4.78, 5) is 11.7. The molecule has 98 valence electrons. The highest BCUT2D eigenvalue weighted by Gasteiger charge is 2.28. The fourth-order valence-corrected chi connectivity index (χ4v) is 1.83. The second-order valence-electron chi connectivity index (χ2n) is 5.94. The number of hydrogen-bond acceptors (Lipinski definition) is 3. The molecule has 0 atom stereocenters. The van der Waals surface area contributed by atoms with Gasteiger partial charge in [-0.15, -0.1) is 0 Å². The number of alkyl carbamates (subject to hydrolysis) is 1. The lowest BCUT2D eigenvalue weighted by Gasteiger charge is -2.32. The highest BCUT2D eigenvalue weighted by molar-refractivity contribution is 5.69. The van der Waals surface area contributed by atoms with Crippen LogP contribution in [0.5, 0.6) is 0 Å². The first-order valence-electron chi connectivity index (χ1n) is 6.12. The second kappa shape index (κ2) is 5.08. The van der Waals surface area contributed by atoms with Gasteiger partial charge in [0.2, 0.25) is 0 Å². The van der Waals surface area contributed by atoms with Crippen LogP contribution in [-0.4, -0.2) is 30.3 Å². The molecule has 1 heterocycles. The Balaban J connectivity index is 2.59. The minimum atomic E-state index is -0.456. The highest BCUT2D eigenvalue weighted by Crippen LogP contribution is 2.21. The molecule has 0 saturated carbocycles. The summed E-state index contributed by atoms with van der Waals surface area (Å²) in [6.07, 6.45) is 2.74. The van der Waals surface area contributed by atoms with Gasteiger partial charge in [0.15, 0.2) is 0 Å². The molecule has 2 N–H and O–H groups in total. The van der Waals surface area contributed by atoms with E-state index < -0.39 is 5.60 Å². The van der Waals surface area contributed by atoms with Crippen LogP contribution in [0.15, 0.2) is 11.6 Å². The van der Waals surface area contributed by atoms with Crippen molar-refractivity contribution in [2.75, 3.05) is 13.1 Å². The lowest BCUT2D eigenvalue weighted by molar-refractivity contribution is 0.0485. The van der Waals surface area contributed by atoms with E-state index in [0.29, 0.717) is 0 Å². The van der Waals surface area contributed by atoms with Crippen molar-refractivity contribution >= 4 is 6.09 Å². The van der Waals surface area contributed by atoms with E-state index >= 15 is 0 Å². The van der Waals surface area contributed by atoms with E-state index in [1.54, 1.807) is 0 Å². The molecule has 0 fully saturated rings. The molecule has 0 aromatic rings. The van der Waals surface area contributed by atoms with E-state index in [0.717, 1.165) is 19.5 Å².